The third-order valence-corrected chi connectivity index (χ3v) is 9.17. The molecule has 0 spiro atoms. The predicted molar refractivity (Wildman–Crippen MR) is 161 cm³/mol. The molecule has 0 aliphatic heterocycles. The van der Waals surface area contributed by atoms with Gasteiger partial charge in [0, 0.05) is 18.2 Å². The number of aromatic nitrogens is 3. The molecule has 0 unspecified atom stereocenters. The van der Waals surface area contributed by atoms with Crippen LogP contribution in [0.4, 0.5) is 0 Å². The topological polar surface area (TPSA) is 43.9 Å². The van der Waals surface area contributed by atoms with Crippen molar-refractivity contribution in [1.82, 2.24) is 14.8 Å². The first kappa shape index (κ1) is 29.9. The fourth-order valence-corrected chi connectivity index (χ4v) is 6.81. The van der Waals surface area contributed by atoms with E-state index in [1.54, 1.807) is 23.3 Å². The second-order valence-electron chi connectivity index (χ2n) is 10.1. The van der Waals surface area contributed by atoms with Crippen LogP contribution in [0.3, 0.4) is 0 Å². The molecular formula is C31H47N3OS2. The van der Waals surface area contributed by atoms with Gasteiger partial charge >= 0.3 is 0 Å². The summed E-state index contributed by atoms with van der Waals surface area (Å²) in [5.74, 6) is 2.09. The van der Waals surface area contributed by atoms with Gasteiger partial charge < -0.3 is 4.42 Å². The largest absolute Gasteiger partial charge is 0.470 e. The first-order valence-corrected chi connectivity index (χ1v) is 17.0. The van der Waals surface area contributed by atoms with Crippen LogP contribution >= 0.6 is 21.6 Å². The zero-order chi connectivity index (χ0) is 25.8. The Labute approximate surface area is 233 Å². The number of hydrogen-bond acceptors (Lipinski definition) is 5. The highest BCUT2D eigenvalue weighted by atomic mass is 33.1. The van der Waals surface area contributed by atoms with Gasteiger partial charge in [0.1, 0.15) is 12.1 Å². The quantitative estimate of drug-likeness (QED) is 0.0935. The molecule has 0 fully saturated rings. The van der Waals surface area contributed by atoms with Crippen molar-refractivity contribution in [1.29, 1.82) is 0 Å². The molecule has 204 valence electrons. The van der Waals surface area contributed by atoms with Crippen LogP contribution in [0.5, 0.6) is 0 Å². The van der Waals surface area contributed by atoms with E-state index in [9.17, 15) is 0 Å². The monoisotopic (exact) mass is 541 g/mol. The highest BCUT2D eigenvalue weighted by Gasteiger charge is 2.16. The number of benzene rings is 1. The van der Waals surface area contributed by atoms with Crippen molar-refractivity contribution < 1.29 is 4.42 Å². The molecule has 0 atom stereocenters. The minimum atomic E-state index is 0.753. The molecule has 3 aromatic rings. The van der Waals surface area contributed by atoms with Gasteiger partial charge in [-0.15, -0.1) is 10.2 Å². The second-order valence-corrected chi connectivity index (χ2v) is 12.5. The van der Waals surface area contributed by atoms with E-state index in [0.717, 1.165) is 28.8 Å². The molecule has 6 heteroatoms. The van der Waals surface area contributed by atoms with Crippen molar-refractivity contribution in [2.75, 3.05) is 5.75 Å². The Bertz CT molecular complexity index is 927. The van der Waals surface area contributed by atoms with E-state index in [0.29, 0.717) is 0 Å². The second kappa shape index (κ2) is 19.4. The molecule has 3 rings (SSSR count). The summed E-state index contributed by atoms with van der Waals surface area (Å²) in [4.78, 5) is 0. The normalized spacial score (nSPS) is 11.4. The summed E-state index contributed by atoms with van der Waals surface area (Å²) < 4.78 is 7.47. The third-order valence-electron chi connectivity index (χ3n) is 6.88. The van der Waals surface area contributed by atoms with E-state index in [-0.39, 0.29) is 0 Å². The molecular weight excluding hydrogens is 494 g/mol. The van der Waals surface area contributed by atoms with Gasteiger partial charge in [0.2, 0.25) is 5.16 Å². The molecule has 0 radical (unpaired) electrons. The van der Waals surface area contributed by atoms with Crippen LogP contribution in [0.15, 0.2) is 58.5 Å². The zero-order valence-corrected chi connectivity index (χ0v) is 24.5. The summed E-state index contributed by atoms with van der Waals surface area (Å²) >= 11 is 0. The van der Waals surface area contributed by atoms with E-state index < -0.39 is 0 Å². The van der Waals surface area contributed by atoms with Gasteiger partial charge in [-0.05, 0) is 22.8 Å². The molecule has 0 saturated carbocycles. The zero-order valence-electron chi connectivity index (χ0n) is 22.9. The SMILES string of the molecule is CCCCCCCCCCCCCCCCCCSSc1nnc(Cc2ccccc2)n1-c1ccoc1. The van der Waals surface area contributed by atoms with Gasteiger partial charge in [-0.25, -0.2) is 0 Å². The molecule has 2 aromatic heterocycles. The summed E-state index contributed by atoms with van der Waals surface area (Å²) in [7, 11) is 3.62. The molecule has 1 aromatic carbocycles. The molecule has 0 N–H and O–H groups in total. The lowest BCUT2D eigenvalue weighted by atomic mass is 10.0. The van der Waals surface area contributed by atoms with Crippen LogP contribution in [0.2, 0.25) is 0 Å². The fraction of sp³-hybridized carbons (Fsp3) is 0.613. The van der Waals surface area contributed by atoms with Crippen molar-refractivity contribution >= 4 is 21.6 Å². The van der Waals surface area contributed by atoms with Crippen molar-refractivity contribution in [3.63, 3.8) is 0 Å². The maximum absolute atomic E-state index is 5.35. The van der Waals surface area contributed by atoms with Crippen LogP contribution in [0.1, 0.15) is 121 Å². The number of unbranched alkanes of at least 4 members (excludes halogenated alkanes) is 15. The smallest absolute Gasteiger partial charge is 0.206 e. The Hall–Kier alpha value is -1.66. The fourth-order valence-electron chi connectivity index (χ4n) is 4.69. The number of furan rings is 1. The van der Waals surface area contributed by atoms with Crippen molar-refractivity contribution in [3.8, 4) is 5.69 Å². The van der Waals surface area contributed by atoms with E-state index in [2.05, 4.69) is 46.0 Å². The van der Waals surface area contributed by atoms with E-state index in [4.69, 9.17) is 4.42 Å². The van der Waals surface area contributed by atoms with E-state index >= 15 is 0 Å². The van der Waals surface area contributed by atoms with Crippen LogP contribution in [0, 0.1) is 0 Å². The van der Waals surface area contributed by atoms with Crippen LogP contribution in [-0.4, -0.2) is 20.5 Å². The highest BCUT2D eigenvalue weighted by Crippen LogP contribution is 2.33. The Morgan fingerprint density at radius 3 is 1.86 bits per heavy atom. The number of nitrogens with zero attached hydrogens (tertiary/aromatic N) is 3. The van der Waals surface area contributed by atoms with Crippen LogP contribution in [0.25, 0.3) is 5.69 Å². The molecule has 0 amide bonds. The van der Waals surface area contributed by atoms with Gasteiger partial charge in [-0.3, -0.25) is 4.57 Å². The minimum absolute atomic E-state index is 0.753. The van der Waals surface area contributed by atoms with Gasteiger partial charge in [-0.2, -0.15) is 0 Å². The van der Waals surface area contributed by atoms with Crippen LogP contribution < -0.4 is 0 Å². The first-order chi connectivity index (χ1) is 18.4. The molecule has 37 heavy (non-hydrogen) atoms. The van der Waals surface area contributed by atoms with E-state index in [1.165, 1.54) is 108 Å². The molecule has 4 nitrogen and oxygen atoms in total. The van der Waals surface area contributed by atoms with E-state index in [1.807, 2.05) is 22.9 Å². The third kappa shape index (κ3) is 12.2. The lowest BCUT2D eigenvalue weighted by molar-refractivity contribution is 0.532. The van der Waals surface area contributed by atoms with Gasteiger partial charge in [0.05, 0.1) is 12.0 Å². The molecule has 0 aliphatic rings. The van der Waals surface area contributed by atoms with Crippen molar-refractivity contribution in [2.45, 2.75) is 121 Å². The molecule has 0 aliphatic carbocycles. The Kier molecular flexibility index (Phi) is 15.7. The maximum atomic E-state index is 5.35. The Balaban J connectivity index is 1.21. The van der Waals surface area contributed by atoms with Crippen LogP contribution in [-0.2, 0) is 6.42 Å². The Morgan fingerprint density at radius 2 is 1.30 bits per heavy atom. The molecule has 0 saturated heterocycles. The number of rotatable bonds is 22. The molecule has 2 heterocycles. The number of hydrogen-bond donors (Lipinski definition) is 0. The van der Waals surface area contributed by atoms with Crippen molar-refractivity contribution in [3.05, 3.63) is 60.3 Å². The first-order valence-electron chi connectivity index (χ1n) is 14.7. The maximum Gasteiger partial charge on any atom is 0.206 e. The average molecular weight is 542 g/mol. The highest BCUT2D eigenvalue weighted by molar-refractivity contribution is 8.76. The minimum Gasteiger partial charge on any atom is -0.470 e. The lowest BCUT2D eigenvalue weighted by Crippen LogP contribution is -2.02. The summed E-state index contributed by atoms with van der Waals surface area (Å²) in [6.45, 7) is 2.29. The Morgan fingerprint density at radius 1 is 0.703 bits per heavy atom. The summed E-state index contributed by atoms with van der Waals surface area (Å²) in [5.41, 5.74) is 2.22. The van der Waals surface area contributed by atoms with Gasteiger partial charge in [0.15, 0.2) is 0 Å². The van der Waals surface area contributed by atoms with Gasteiger partial charge in [0.25, 0.3) is 0 Å². The summed E-state index contributed by atoms with van der Waals surface area (Å²) in [5, 5.41) is 9.92. The lowest BCUT2D eigenvalue weighted by Gasteiger charge is -2.07. The standard InChI is InChI=1S/C31H47N3OS2/c1-2-3-4-5-6-7-8-9-10-11-12-13-14-15-16-20-25-36-37-31-33-32-30(26-28-21-18-17-19-22-28)34(31)29-23-24-35-27-29/h17-19,21-24,27H,2-16,20,25-26H2,1H3. The summed E-state index contributed by atoms with van der Waals surface area (Å²) in [6, 6.07) is 12.4. The molecule has 0 bridgehead atoms. The predicted octanol–water partition coefficient (Wildman–Crippen LogP) is 10.5. The van der Waals surface area contributed by atoms with Gasteiger partial charge in [-0.1, -0.05) is 144 Å². The average Bonchev–Trinajstić information content (AvgIpc) is 3.58. The van der Waals surface area contributed by atoms with Crippen molar-refractivity contribution in [2.24, 2.45) is 0 Å². The summed E-state index contributed by atoms with van der Waals surface area (Å²) in [6.07, 6.45) is 26.8.